The van der Waals surface area contributed by atoms with E-state index in [1.54, 1.807) is 6.20 Å². The zero-order valence-corrected chi connectivity index (χ0v) is 10.4. The van der Waals surface area contributed by atoms with Gasteiger partial charge in [0.25, 0.3) is 0 Å². The minimum Gasteiger partial charge on any atom is -0.364 e. The molecule has 84 valence electrons. The molecule has 0 saturated heterocycles. The van der Waals surface area contributed by atoms with E-state index in [1.165, 1.54) is 0 Å². The van der Waals surface area contributed by atoms with Gasteiger partial charge in [-0.2, -0.15) is 0 Å². The lowest BCUT2D eigenvalue weighted by atomic mass is 9.99. The average molecular weight is 207 g/mol. The Kier molecular flexibility index (Phi) is 3.66. The van der Waals surface area contributed by atoms with Crippen LogP contribution >= 0.6 is 0 Å². The standard InChI is InChI=1S/C12H21N3/c1-6-7-12(4,5)15-11-8-13-9(2)10(3)14-11/h8H,6-7H2,1-5H3,(H,14,15). The highest BCUT2D eigenvalue weighted by atomic mass is 15.1. The summed E-state index contributed by atoms with van der Waals surface area (Å²) < 4.78 is 0. The fourth-order valence-electron chi connectivity index (χ4n) is 1.64. The predicted molar refractivity (Wildman–Crippen MR) is 64.1 cm³/mol. The monoisotopic (exact) mass is 207 g/mol. The van der Waals surface area contributed by atoms with Gasteiger partial charge in [0, 0.05) is 5.54 Å². The first kappa shape index (κ1) is 12.0. The molecule has 0 aromatic carbocycles. The first-order valence-corrected chi connectivity index (χ1v) is 5.53. The number of aromatic nitrogens is 2. The van der Waals surface area contributed by atoms with Crippen molar-refractivity contribution in [2.24, 2.45) is 0 Å². The van der Waals surface area contributed by atoms with Crippen LogP contribution in [0.4, 0.5) is 5.82 Å². The second-order valence-corrected chi connectivity index (χ2v) is 4.68. The molecule has 0 aliphatic heterocycles. The number of nitrogens with zero attached hydrogens (tertiary/aromatic N) is 2. The molecule has 1 aromatic heterocycles. The van der Waals surface area contributed by atoms with Crippen LogP contribution < -0.4 is 5.32 Å². The van der Waals surface area contributed by atoms with Gasteiger partial charge in [0.05, 0.1) is 17.6 Å². The molecule has 3 heteroatoms. The largest absolute Gasteiger partial charge is 0.364 e. The number of aryl methyl sites for hydroxylation is 2. The highest BCUT2D eigenvalue weighted by Gasteiger charge is 2.16. The van der Waals surface area contributed by atoms with Crippen LogP contribution in [0.15, 0.2) is 6.20 Å². The summed E-state index contributed by atoms with van der Waals surface area (Å²) in [5, 5.41) is 3.41. The molecule has 3 nitrogen and oxygen atoms in total. The van der Waals surface area contributed by atoms with Gasteiger partial charge in [-0.05, 0) is 34.1 Å². The lowest BCUT2D eigenvalue weighted by Gasteiger charge is -2.26. The molecular weight excluding hydrogens is 186 g/mol. The molecule has 0 aliphatic carbocycles. The van der Waals surface area contributed by atoms with E-state index < -0.39 is 0 Å². The number of hydrogen-bond donors (Lipinski definition) is 1. The third-order valence-corrected chi connectivity index (χ3v) is 2.53. The van der Waals surface area contributed by atoms with Gasteiger partial charge in [-0.3, -0.25) is 4.98 Å². The lowest BCUT2D eigenvalue weighted by molar-refractivity contribution is 0.508. The predicted octanol–water partition coefficient (Wildman–Crippen LogP) is 3.08. The summed E-state index contributed by atoms with van der Waals surface area (Å²) in [7, 11) is 0. The van der Waals surface area contributed by atoms with Crippen molar-refractivity contribution >= 4 is 5.82 Å². The Labute approximate surface area is 92.3 Å². The van der Waals surface area contributed by atoms with Crippen molar-refractivity contribution in [3.63, 3.8) is 0 Å². The maximum atomic E-state index is 4.47. The molecule has 0 fully saturated rings. The number of hydrogen-bond acceptors (Lipinski definition) is 3. The minimum absolute atomic E-state index is 0.0884. The van der Waals surface area contributed by atoms with Crippen LogP contribution in [0.5, 0.6) is 0 Å². The Morgan fingerprint density at radius 2 is 1.93 bits per heavy atom. The van der Waals surface area contributed by atoms with Crippen molar-refractivity contribution in [3.8, 4) is 0 Å². The van der Waals surface area contributed by atoms with E-state index in [1.807, 2.05) is 13.8 Å². The third-order valence-electron chi connectivity index (χ3n) is 2.53. The first-order valence-electron chi connectivity index (χ1n) is 5.53. The van der Waals surface area contributed by atoms with Gasteiger partial charge in [0.1, 0.15) is 5.82 Å². The van der Waals surface area contributed by atoms with E-state index in [9.17, 15) is 0 Å². The van der Waals surface area contributed by atoms with Crippen LogP contribution in [-0.4, -0.2) is 15.5 Å². The smallest absolute Gasteiger partial charge is 0.145 e. The van der Waals surface area contributed by atoms with Crippen molar-refractivity contribution in [2.75, 3.05) is 5.32 Å². The Morgan fingerprint density at radius 1 is 1.27 bits per heavy atom. The maximum Gasteiger partial charge on any atom is 0.145 e. The quantitative estimate of drug-likeness (QED) is 0.824. The summed E-state index contributed by atoms with van der Waals surface area (Å²) in [4.78, 5) is 8.76. The zero-order chi connectivity index (χ0) is 11.5. The second-order valence-electron chi connectivity index (χ2n) is 4.68. The Bertz CT molecular complexity index is 332. The lowest BCUT2D eigenvalue weighted by Crippen LogP contribution is -2.31. The Hall–Kier alpha value is -1.12. The number of anilines is 1. The fraction of sp³-hybridized carbons (Fsp3) is 0.667. The topological polar surface area (TPSA) is 37.8 Å². The molecule has 0 spiro atoms. The molecule has 1 rings (SSSR count). The molecule has 1 N–H and O–H groups in total. The SMILES string of the molecule is CCCC(C)(C)Nc1cnc(C)c(C)n1. The highest BCUT2D eigenvalue weighted by Crippen LogP contribution is 2.17. The molecule has 15 heavy (non-hydrogen) atoms. The second kappa shape index (κ2) is 4.60. The van der Waals surface area contributed by atoms with E-state index in [2.05, 4.69) is 36.1 Å². The van der Waals surface area contributed by atoms with Crippen molar-refractivity contribution in [2.45, 2.75) is 53.0 Å². The van der Waals surface area contributed by atoms with Gasteiger partial charge in [0.15, 0.2) is 0 Å². The van der Waals surface area contributed by atoms with Crippen molar-refractivity contribution < 1.29 is 0 Å². The van der Waals surface area contributed by atoms with Crippen molar-refractivity contribution in [1.29, 1.82) is 0 Å². The van der Waals surface area contributed by atoms with E-state index in [0.29, 0.717) is 0 Å². The zero-order valence-electron chi connectivity index (χ0n) is 10.4. The third kappa shape index (κ3) is 3.50. The summed E-state index contributed by atoms with van der Waals surface area (Å²) in [5.74, 6) is 0.872. The molecule has 0 atom stereocenters. The highest BCUT2D eigenvalue weighted by molar-refractivity contribution is 5.36. The van der Waals surface area contributed by atoms with Gasteiger partial charge in [0.2, 0.25) is 0 Å². The summed E-state index contributed by atoms with van der Waals surface area (Å²) in [6.45, 7) is 10.5. The minimum atomic E-state index is 0.0884. The molecule has 0 bridgehead atoms. The van der Waals surface area contributed by atoms with Crippen LogP contribution in [0.25, 0.3) is 0 Å². The van der Waals surface area contributed by atoms with E-state index in [-0.39, 0.29) is 5.54 Å². The Morgan fingerprint density at radius 3 is 2.47 bits per heavy atom. The number of nitrogens with one attached hydrogen (secondary N) is 1. The summed E-state index contributed by atoms with van der Waals surface area (Å²) >= 11 is 0. The first-order chi connectivity index (χ1) is 6.94. The molecule has 0 amide bonds. The molecule has 0 saturated carbocycles. The van der Waals surface area contributed by atoms with Crippen LogP contribution in [0.1, 0.15) is 45.0 Å². The van der Waals surface area contributed by atoms with Gasteiger partial charge in [-0.1, -0.05) is 13.3 Å². The average Bonchev–Trinajstić information content (AvgIpc) is 2.10. The molecule has 1 heterocycles. The summed E-state index contributed by atoms with van der Waals surface area (Å²) in [6.07, 6.45) is 4.10. The molecule has 0 unspecified atom stereocenters. The normalized spacial score (nSPS) is 11.5. The van der Waals surface area contributed by atoms with E-state index >= 15 is 0 Å². The van der Waals surface area contributed by atoms with Crippen molar-refractivity contribution in [1.82, 2.24) is 9.97 Å². The van der Waals surface area contributed by atoms with Crippen LogP contribution in [0.2, 0.25) is 0 Å². The molecular formula is C12H21N3. The molecule has 0 radical (unpaired) electrons. The van der Waals surface area contributed by atoms with Crippen molar-refractivity contribution in [3.05, 3.63) is 17.6 Å². The van der Waals surface area contributed by atoms with Gasteiger partial charge < -0.3 is 5.32 Å². The van der Waals surface area contributed by atoms with E-state index in [4.69, 9.17) is 0 Å². The van der Waals surface area contributed by atoms with E-state index in [0.717, 1.165) is 30.0 Å². The molecule has 0 aliphatic rings. The summed E-state index contributed by atoms with van der Waals surface area (Å²) in [5.41, 5.74) is 2.08. The molecule has 1 aromatic rings. The Balaban J connectivity index is 2.76. The van der Waals surface area contributed by atoms with Gasteiger partial charge >= 0.3 is 0 Å². The van der Waals surface area contributed by atoms with Gasteiger partial charge in [-0.15, -0.1) is 0 Å². The van der Waals surface area contributed by atoms with Crippen LogP contribution in [-0.2, 0) is 0 Å². The van der Waals surface area contributed by atoms with Crippen LogP contribution in [0.3, 0.4) is 0 Å². The number of rotatable bonds is 4. The maximum absolute atomic E-state index is 4.47. The fourth-order valence-corrected chi connectivity index (χ4v) is 1.64. The van der Waals surface area contributed by atoms with Gasteiger partial charge in [-0.25, -0.2) is 4.98 Å². The summed E-state index contributed by atoms with van der Waals surface area (Å²) in [6, 6.07) is 0. The van der Waals surface area contributed by atoms with Crippen LogP contribution in [0, 0.1) is 13.8 Å².